The standard InChI is InChI=1S/C19H27NO4S/c1-13(2)25-16(12-8-7-11-15-9-5-4-6-10-15)24-19(22)20-17-14(3)23-18(17)21/h4-6,9-10,13-14,16-17H,7-8,11-12H2,1-3H3,(H,20,22). The van der Waals surface area contributed by atoms with Crippen molar-refractivity contribution in [3.63, 3.8) is 0 Å². The number of hydrogen-bond acceptors (Lipinski definition) is 5. The zero-order chi connectivity index (χ0) is 18.2. The number of alkyl carbamates (subject to hydrolysis) is 1. The van der Waals surface area contributed by atoms with E-state index < -0.39 is 18.1 Å². The molecule has 6 heteroatoms. The average molecular weight is 365 g/mol. The number of hydrogen-bond donors (Lipinski definition) is 1. The van der Waals surface area contributed by atoms with Crippen LogP contribution in [-0.2, 0) is 20.7 Å². The summed E-state index contributed by atoms with van der Waals surface area (Å²) in [4.78, 5) is 23.3. The summed E-state index contributed by atoms with van der Waals surface area (Å²) in [6.45, 7) is 5.90. The molecule has 0 bridgehead atoms. The molecule has 1 aliphatic heterocycles. The van der Waals surface area contributed by atoms with E-state index in [1.54, 1.807) is 18.7 Å². The Morgan fingerprint density at radius 1 is 1.28 bits per heavy atom. The van der Waals surface area contributed by atoms with E-state index in [2.05, 4.69) is 31.3 Å². The fourth-order valence-corrected chi connectivity index (χ4v) is 3.70. The summed E-state index contributed by atoms with van der Waals surface area (Å²) in [6.07, 6.45) is 3.02. The second-order valence-electron chi connectivity index (χ2n) is 6.52. The van der Waals surface area contributed by atoms with Gasteiger partial charge in [-0.3, -0.25) is 0 Å². The van der Waals surface area contributed by atoms with Gasteiger partial charge in [0.1, 0.15) is 11.5 Å². The minimum Gasteiger partial charge on any atom is -0.458 e. The van der Waals surface area contributed by atoms with Gasteiger partial charge in [0, 0.05) is 5.25 Å². The van der Waals surface area contributed by atoms with Gasteiger partial charge in [0.2, 0.25) is 0 Å². The normalized spacial score (nSPS) is 20.6. The summed E-state index contributed by atoms with van der Waals surface area (Å²) >= 11 is 1.63. The van der Waals surface area contributed by atoms with Gasteiger partial charge >= 0.3 is 12.1 Å². The number of thioether (sulfide) groups is 1. The number of ether oxygens (including phenoxy) is 2. The first-order chi connectivity index (χ1) is 12.0. The molecule has 1 aromatic carbocycles. The van der Waals surface area contributed by atoms with E-state index in [0.717, 1.165) is 25.7 Å². The fourth-order valence-electron chi connectivity index (χ4n) is 2.64. The third-order valence-electron chi connectivity index (χ3n) is 3.96. The van der Waals surface area contributed by atoms with Crippen molar-refractivity contribution in [2.45, 2.75) is 69.3 Å². The SMILES string of the molecule is CC(C)SC(CCCCc1ccccc1)OC(=O)NC1C(=O)OC1C. The van der Waals surface area contributed by atoms with Crippen molar-refractivity contribution in [1.29, 1.82) is 0 Å². The summed E-state index contributed by atoms with van der Waals surface area (Å²) in [5, 5.41) is 2.95. The Kier molecular flexibility index (Phi) is 7.62. The molecule has 0 spiro atoms. The van der Waals surface area contributed by atoms with Crippen LogP contribution in [0.2, 0.25) is 0 Å². The van der Waals surface area contributed by atoms with Crippen molar-refractivity contribution >= 4 is 23.8 Å². The molecular weight excluding hydrogens is 338 g/mol. The number of aryl methyl sites for hydroxylation is 1. The molecule has 2 rings (SSSR count). The first-order valence-corrected chi connectivity index (χ1v) is 9.77. The molecule has 1 N–H and O–H groups in total. The number of amides is 1. The van der Waals surface area contributed by atoms with Crippen molar-refractivity contribution in [3.8, 4) is 0 Å². The van der Waals surface area contributed by atoms with Gasteiger partial charge in [-0.15, -0.1) is 11.8 Å². The van der Waals surface area contributed by atoms with Crippen molar-refractivity contribution in [2.24, 2.45) is 0 Å². The van der Waals surface area contributed by atoms with Gasteiger partial charge in [0.15, 0.2) is 6.04 Å². The number of rotatable bonds is 9. The summed E-state index contributed by atoms with van der Waals surface area (Å²) in [5.74, 6) is -0.402. The summed E-state index contributed by atoms with van der Waals surface area (Å²) in [5.41, 5.74) is 1.12. The minimum atomic E-state index is -0.588. The maximum absolute atomic E-state index is 12.0. The second-order valence-corrected chi connectivity index (χ2v) is 8.26. The lowest BCUT2D eigenvalue weighted by atomic mass is 10.1. The molecule has 1 fully saturated rings. The average Bonchev–Trinajstić information content (AvgIpc) is 2.57. The Balaban J connectivity index is 1.73. The van der Waals surface area contributed by atoms with Gasteiger partial charge in [0.05, 0.1) is 0 Å². The van der Waals surface area contributed by atoms with E-state index in [1.165, 1.54) is 5.56 Å². The summed E-state index contributed by atoms with van der Waals surface area (Å²) in [6, 6.07) is 9.78. The van der Waals surface area contributed by atoms with Crippen LogP contribution < -0.4 is 5.32 Å². The fraction of sp³-hybridized carbons (Fsp3) is 0.579. The van der Waals surface area contributed by atoms with E-state index in [1.807, 2.05) is 18.2 Å². The highest BCUT2D eigenvalue weighted by atomic mass is 32.2. The van der Waals surface area contributed by atoms with Gasteiger partial charge < -0.3 is 14.8 Å². The van der Waals surface area contributed by atoms with Gasteiger partial charge in [-0.1, -0.05) is 44.2 Å². The first kappa shape index (κ1) is 19.6. The lowest BCUT2D eigenvalue weighted by Gasteiger charge is -2.32. The number of carbonyl (C=O) groups excluding carboxylic acids is 2. The molecule has 25 heavy (non-hydrogen) atoms. The third-order valence-corrected chi connectivity index (χ3v) is 5.14. The van der Waals surface area contributed by atoms with Crippen LogP contribution in [0, 0.1) is 0 Å². The minimum absolute atomic E-state index is 0.206. The van der Waals surface area contributed by atoms with Gasteiger partial charge in [-0.05, 0) is 38.2 Å². The lowest BCUT2D eigenvalue weighted by molar-refractivity contribution is -0.174. The number of unbranched alkanes of at least 4 members (excludes halogenated alkanes) is 1. The Labute approximate surface area is 153 Å². The van der Waals surface area contributed by atoms with Crippen LogP contribution >= 0.6 is 11.8 Å². The number of benzene rings is 1. The largest absolute Gasteiger partial charge is 0.458 e. The molecule has 0 saturated carbocycles. The Hall–Kier alpha value is -1.69. The van der Waals surface area contributed by atoms with E-state index in [4.69, 9.17) is 9.47 Å². The van der Waals surface area contributed by atoms with Crippen molar-refractivity contribution in [1.82, 2.24) is 5.32 Å². The highest BCUT2D eigenvalue weighted by Gasteiger charge is 2.40. The van der Waals surface area contributed by atoms with Gasteiger partial charge in [-0.2, -0.15) is 0 Å². The van der Waals surface area contributed by atoms with Crippen LogP contribution in [0.4, 0.5) is 4.79 Å². The number of carbonyl (C=O) groups is 2. The first-order valence-electron chi connectivity index (χ1n) is 8.82. The van der Waals surface area contributed by atoms with Crippen molar-refractivity contribution < 1.29 is 19.1 Å². The second kappa shape index (κ2) is 9.70. The Morgan fingerprint density at radius 3 is 2.60 bits per heavy atom. The Morgan fingerprint density at radius 2 is 2.00 bits per heavy atom. The van der Waals surface area contributed by atoms with Crippen molar-refractivity contribution in [3.05, 3.63) is 35.9 Å². The molecule has 1 saturated heterocycles. The maximum Gasteiger partial charge on any atom is 0.409 e. The molecule has 138 valence electrons. The highest BCUT2D eigenvalue weighted by molar-refractivity contribution is 8.00. The van der Waals surface area contributed by atoms with E-state index >= 15 is 0 Å². The number of esters is 1. The smallest absolute Gasteiger partial charge is 0.409 e. The van der Waals surface area contributed by atoms with Crippen LogP contribution in [-0.4, -0.2) is 34.9 Å². The van der Waals surface area contributed by atoms with Crippen LogP contribution in [0.3, 0.4) is 0 Å². The number of cyclic esters (lactones) is 1. The molecule has 0 radical (unpaired) electrons. The zero-order valence-corrected chi connectivity index (χ0v) is 15.9. The summed E-state index contributed by atoms with van der Waals surface area (Å²) < 4.78 is 10.4. The summed E-state index contributed by atoms with van der Waals surface area (Å²) in [7, 11) is 0. The molecule has 1 amide bonds. The van der Waals surface area contributed by atoms with E-state index in [9.17, 15) is 9.59 Å². The Bertz CT molecular complexity index is 564. The predicted octanol–water partition coefficient (Wildman–Crippen LogP) is 3.91. The monoisotopic (exact) mass is 365 g/mol. The van der Waals surface area contributed by atoms with Crippen LogP contribution in [0.15, 0.2) is 30.3 Å². The van der Waals surface area contributed by atoms with Crippen molar-refractivity contribution in [2.75, 3.05) is 0 Å². The molecular formula is C19H27NO4S. The van der Waals surface area contributed by atoms with E-state index in [-0.39, 0.29) is 11.5 Å². The van der Waals surface area contributed by atoms with Crippen LogP contribution in [0.1, 0.15) is 45.6 Å². The molecule has 0 aliphatic carbocycles. The molecule has 0 aromatic heterocycles. The molecule has 1 heterocycles. The van der Waals surface area contributed by atoms with Gasteiger partial charge in [0.25, 0.3) is 0 Å². The predicted molar refractivity (Wildman–Crippen MR) is 99.5 cm³/mol. The molecule has 1 aliphatic rings. The topological polar surface area (TPSA) is 64.6 Å². The molecule has 3 unspecified atom stereocenters. The molecule has 3 atom stereocenters. The quantitative estimate of drug-likeness (QED) is 0.408. The lowest BCUT2D eigenvalue weighted by Crippen LogP contribution is -2.58. The van der Waals surface area contributed by atoms with Crippen LogP contribution in [0.5, 0.6) is 0 Å². The molecule has 5 nitrogen and oxygen atoms in total. The van der Waals surface area contributed by atoms with Crippen LogP contribution in [0.25, 0.3) is 0 Å². The highest BCUT2D eigenvalue weighted by Crippen LogP contribution is 2.24. The van der Waals surface area contributed by atoms with E-state index in [0.29, 0.717) is 5.25 Å². The number of nitrogens with one attached hydrogen (secondary N) is 1. The maximum atomic E-state index is 12.0. The zero-order valence-electron chi connectivity index (χ0n) is 15.1. The van der Waals surface area contributed by atoms with Gasteiger partial charge in [-0.25, -0.2) is 9.59 Å². The third kappa shape index (κ3) is 6.61. The molecule has 1 aromatic rings.